The second-order valence-corrected chi connectivity index (χ2v) is 5.47. The Morgan fingerprint density at radius 1 is 1.15 bits per heavy atom. The second-order valence-electron chi connectivity index (χ2n) is 4.65. The number of aromatic hydroxyl groups is 1. The lowest BCUT2D eigenvalue weighted by Crippen LogP contribution is -2.08. The molecule has 1 unspecified atom stereocenters. The fourth-order valence-electron chi connectivity index (χ4n) is 1.99. The van der Waals surface area contributed by atoms with Crippen molar-refractivity contribution < 1.29 is 9.50 Å². The van der Waals surface area contributed by atoms with Crippen molar-refractivity contribution >= 4 is 28.9 Å². The number of anilines is 1. The summed E-state index contributed by atoms with van der Waals surface area (Å²) in [5.74, 6) is -0.293. The van der Waals surface area contributed by atoms with Crippen LogP contribution in [0, 0.1) is 12.7 Å². The molecule has 2 aromatic carbocycles. The second kappa shape index (κ2) is 5.90. The molecule has 0 spiro atoms. The normalized spacial score (nSPS) is 12.2. The summed E-state index contributed by atoms with van der Waals surface area (Å²) in [4.78, 5) is 0. The number of rotatable bonds is 3. The maximum Gasteiger partial charge on any atom is 0.142 e. The maximum atomic E-state index is 13.5. The van der Waals surface area contributed by atoms with Crippen LogP contribution >= 0.6 is 23.2 Å². The number of hydrogen-bond acceptors (Lipinski definition) is 2. The standard InChI is InChI=1S/C15H14Cl2FNO/c1-8-5-10(20)3-4-15(8)19-9(2)11-6-14(18)13(17)7-12(11)16/h3-7,9,19-20H,1-2H3. The summed E-state index contributed by atoms with van der Waals surface area (Å²) in [5.41, 5.74) is 2.37. The van der Waals surface area contributed by atoms with Crippen LogP contribution in [-0.2, 0) is 0 Å². The minimum absolute atomic E-state index is 0.00626. The first-order chi connectivity index (χ1) is 9.38. The summed E-state index contributed by atoms with van der Waals surface area (Å²) >= 11 is 11.8. The smallest absolute Gasteiger partial charge is 0.142 e. The Morgan fingerprint density at radius 2 is 1.85 bits per heavy atom. The third-order valence-corrected chi connectivity index (χ3v) is 3.71. The lowest BCUT2D eigenvalue weighted by atomic mass is 10.1. The summed E-state index contributed by atoms with van der Waals surface area (Å²) < 4.78 is 13.5. The van der Waals surface area contributed by atoms with Crippen molar-refractivity contribution in [2.45, 2.75) is 19.9 Å². The number of phenolic OH excluding ortho intramolecular Hbond substituents is 1. The Kier molecular flexibility index (Phi) is 4.41. The van der Waals surface area contributed by atoms with Crippen molar-refractivity contribution in [3.8, 4) is 5.75 Å². The van der Waals surface area contributed by atoms with Crippen LogP contribution < -0.4 is 5.32 Å². The SMILES string of the molecule is Cc1cc(O)ccc1NC(C)c1cc(F)c(Cl)cc1Cl. The van der Waals surface area contributed by atoms with Crippen LogP contribution in [-0.4, -0.2) is 5.11 Å². The van der Waals surface area contributed by atoms with E-state index in [0.29, 0.717) is 10.6 Å². The molecule has 0 bridgehead atoms. The van der Waals surface area contributed by atoms with E-state index < -0.39 is 5.82 Å². The molecule has 0 saturated carbocycles. The molecule has 106 valence electrons. The van der Waals surface area contributed by atoms with E-state index in [1.54, 1.807) is 18.2 Å². The fourth-order valence-corrected chi connectivity index (χ4v) is 2.54. The van der Waals surface area contributed by atoms with Gasteiger partial charge < -0.3 is 10.4 Å². The van der Waals surface area contributed by atoms with E-state index in [2.05, 4.69) is 5.32 Å². The molecule has 5 heteroatoms. The van der Waals surface area contributed by atoms with Crippen LogP contribution in [0.15, 0.2) is 30.3 Å². The van der Waals surface area contributed by atoms with E-state index in [4.69, 9.17) is 23.2 Å². The van der Waals surface area contributed by atoms with Gasteiger partial charge in [0.25, 0.3) is 0 Å². The average Bonchev–Trinajstić information content (AvgIpc) is 2.37. The van der Waals surface area contributed by atoms with Crippen molar-refractivity contribution in [2.24, 2.45) is 0 Å². The molecule has 0 amide bonds. The first-order valence-corrected chi connectivity index (χ1v) is 6.84. The Morgan fingerprint density at radius 3 is 2.50 bits per heavy atom. The van der Waals surface area contributed by atoms with Crippen LogP contribution in [0.1, 0.15) is 24.1 Å². The molecule has 2 nitrogen and oxygen atoms in total. The molecule has 0 aliphatic heterocycles. The van der Waals surface area contributed by atoms with Gasteiger partial charge in [-0.3, -0.25) is 0 Å². The van der Waals surface area contributed by atoms with E-state index in [9.17, 15) is 9.50 Å². The molecule has 1 atom stereocenters. The van der Waals surface area contributed by atoms with Crippen LogP contribution in [0.5, 0.6) is 5.75 Å². The van der Waals surface area contributed by atoms with Crippen molar-refractivity contribution in [2.75, 3.05) is 5.32 Å². The van der Waals surface area contributed by atoms with Gasteiger partial charge in [-0.25, -0.2) is 4.39 Å². The monoisotopic (exact) mass is 313 g/mol. The van der Waals surface area contributed by atoms with Crippen LogP contribution in [0.4, 0.5) is 10.1 Å². The number of phenols is 1. The average molecular weight is 314 g/mol. The molecular formula is C15H14Cl2FNO. The van der Waals surface area contributed by atoms with E-state index in [1.165, 1.54) is 12.1 Å². The Hall–Kier alpha value is -1.45. The quantitative estimate of drug-likeness (QED) is 0.593. The van der Waals surface area contributed by atoms with Crippen molar-refractivity contribution in [3.05, 3.63) is 57.3 Å². The minimum Gasteiger partial charge on any atom is -0.508 e. The van der Waals surface area contributed by atoms with E-state index in [-0.39, 0.29) is 16.8 Å². The summed E-state index contributed by atoms with van der Waals surface area (Å²) in [6.07, 6.45) is 0. The summed E-state index contributed by atoms with van der Waals surface area (Å²) in [6, 6.07) is 7.54. The van der Waals surface area contributed by atoms with Gasteiger partial charge in [-0.1, -0.05) is 23.2 Å². The van der Waals surface area contributed by atoms with Gasteiger partial charge >= 0.3 is 0 Å². The lowest BCUT2D eigenvalue weighted by molar-refractivity contribution is 0.475. The summed E-state index contributed by atoms with van der Waals surface area (Å²) in [5, 5.41) is 13.0. The zero-order valence-corrected chi connectivity index (χ0v) is 12.6. The van der Waals surface area contributed by atoms with Crippen LogP contribution in [0.25, 0.3) is 0 Å². The van der Waals surface area contributed by atoms with Gasteiger partial charge in [0, 0.05) is 10.7 Å². The zero-order valence-electron chi connectivity index (χ0n) is 11.0. The maximum absolute atomic E-state index is 13.5. The zero-order chi connectivity index (χ0) is 14.9. The van der Waals surface area contributed by atoms with Gasteiger partial charge in [0.05, 0.1) is 11.1 Å². The Bertz CT molecular complexity index is 646. The molecule has 20 heavy (non-hydrogen) atoms. The predicted octanol–water partition coefficient (Wildman–Crippen LogP) is 5.32. The lowest BCUT2D eigenvalue weighted by Gasteiger charge is -2.19. The highest BCUT2D eigenvalue weighted by atomic mass is 35.5. The van der Waals surface area contributed by atoms with Gasteiger partial charge in [-0.2, -0.15) is 0 Å². The van der Waals surface area contributed by atoms with Gasteiger partial charge in [0.2, 0.25) is 0 Å². The first-order valence-electron chi connectivity index (χ1n) is 6.09. The highest BCUT2D eigenvalue weighted by Gasteiger charge is 2.14. The molecule has 0 aliphatic carbocycles. The van der Waals surface area contributed by atoms with Crippen LogP contribution in [0.3, 0.4) is 0 Å². The molecule has 0 aromatic heterocycles. The van der Waals surface area contributed by atoms with Crippen molar-refractivity contribution in [3.63, 3.8) is 0 Å². The molecule has 2 rings (SSSR count). The minimum atomic E-state index is -0.498. The number of aryl methyl sites for hydroxylation is 1. The molecule has 0 radical (unpaired) electrons. The third-order valence-electron chi connectivity index (χ3n) is 3.09. The van der Waals surface area contributed by atoms with E-state index in [0.717, 1.165) is 11.3 Å². The van der Waals surface area contributed by atoms with Gasteiger partial charge in [0.1, 0.15) is 11.6 Å². The molecule has 2 aromatic rings. The van der Waals surface area contributed by atoms with Crippen LogP contribution in [0.2, 0.25) is 10.0 Å². The number of hydrogen-bond donors (Lipinski definition) is 2. The predicted molar refractivity (Wildman–Crippen MR) is 81.3 cm³/mol. The van der Waals surface area contributed by atoms with Gasteiger partial charge in [0.15, 0.2) is 0 Å². The molecule has 0 heterocycles. The Labute approximate surface area is 127 Å². The first kappa shape index (κ1) is 14.9. The number of nitrogens with one attached hydrogen (secondary N) is 1. The molecule has 2 N–H and O–H groups in total. The molecule has 0 fully saturated rings. The third kappa shape index (κ3) is 3.17. The highest BCUT2D eigenvalue weighted by Crippen LogP contribution is 2.31. The van der Waals surface area contributed by atoms with E-state index >= 15 is 0 Å². The molecule has 0 aliphatic rings. The van der Waals surface area contributed by atoms with Gasteiger partial charge in [-0.05, 0) is 55.3 Å². The van der Waals surface area contributed by atoms with Crippen molar-refractivity contribution in [1.29, 1.82) is 0 Å². The number of halogens is 3. The largest absolute Gasteiger partial charge is 0.508 e. The summed E-state index contributed by atoms with van der Waals surface area (Å²) in [7, 11) is 0. The molecular weight excluding hydrogens is 300 g/mol. The van der Waals surface area contributed by atoms with Gasteiger partial charge in [-0.15, -0.1) is 0 Å². The van der Waals surface area contributed by atoms with E-state index in [1.807, 2.05) is 13.8 Å². The fraction of sp³-hybridized carbons (Fsp3) is 0.200. The number of benzene rings is 2. The Balaban J connectivity index is 2.28. The molecule has 0 saturated heterocycles. The highest BCUT2D eigenvalue weighted by molar-refractivity contribution is 6.35. The topological polar surface area (TPSA) is 32.3 Å². The van der Waals surface area contributed by atoms with Crippen molar-refractivity contribution in [1.82, 2.24) is 0 Å². The summed E-state index contributed by atoms with van der Waals surface area (Å²) in [6.45, 7) is 3.75.